The molecule has 4 nitrogen and oxygen atoms in total. The Morgan fingerprint density at radius 1 is 1.25 bits per heavy atom. The van der Waals surface area contributed by atoms with Gasteiger partial charge in [0, 0.05) is 6.07 Å². The van der Waals surface area contributed by atoms with Gasteiger partial charge in [-0.15, -0.1) is 0 Å². The molecule has 0 aromatic heterocycles. The first kappa shape index (κ1) is 14.0. The number of aryl methyl sites for hydroxylation is 2. The minimum atomic E-state index is -0.475. The molecule has 0 amide bonds. The predicted molar refractivity (Wildman–Crippen MR) is 73.3 cm³/mol. The maximum Gasteiger partial charge on any atom is 0.276 e. The fraction of sp³-hybridized carbons (Fsp3) is 0.200. The molecule has 0 aliphatic carbocycles. The molecule has 0 spiro atoms. The monoisotopic (exact) mass is 275 g/mol. The number of para-hydroxylation sites is 1. The van der Waals surface area contributed by atoms with Gasteiger partial charge >= 0.3 is 0 Å². The van der Waals surface area contributed by atoms with E-state index in [1.54, 1.807) is 38.1 Å². The van der Waals surface area contributed by atoms with Crippen molar-refractivity contribution in [2.75, 3.05) is 0 Å². The maximum absolute atomic E-state index is 13.8. The number of hydrogen-bond acceptors (Lipinski definition) is 3. The van der Waals surface area contributed by atoms with E-state index in [4.69, 9.17) is 4.74 Å². The highest BCUT2D eigenvalue weighted by molar-refractivity contribution is 5.41. The Hall–Kier alpha value is -2.43. The Labute approximate surface area is 116 Å². The predicted octanol–water partition coefficient (Wildman–Crippen LogP) is 3.93. The number of ether oxygens (including phenoxy) is 1. The van der Waals surface area contributed by atoms with Gasteiger partial charge in [0.15, 0.2) is 11.6 Å². The van der Waals surface area contributed by atoms with Crippen molar-refractivity contribution in [3.63, 3.8) is 0 Å². The Kier molecular flexibility index (Phi) is 3.98. The molecular formula is C15H14FNO3. The summed E-state index contributed by atoms with van der Waals surface area (Å²) in [5, 5.41) is 10.9. The molecule has 0 aliphatic rings. The Morgan fingerprint density at radius 3 is 2.60 bits per heavy atom. The zero-order chi connectivity index (χ0) is 14.7. The Morgan fingerprint density at radius 2 is 1.95 bits per heavy atom. The Balaban J connectivity index is 2.24. The lowest BCUT2D eigenvalue weighted by atomic mass is 10.1. The lowest BCUT2D eigenvalue weighted by Crippen LogP contribution is -2.03. The molecule has 0 fully saturated rings. The van der Waals surface area contributed by atoms with Gasteiger partial charge in [0.05, 0.1) is 10.5 Å². The summed E-state index contributed by atoms with van der Waals surface area (Å²) in [7, 11) is 0. The van der Waals surface area contributed by atoms with Crippen LogP contribution < -0.4 is 4.74 Å². The van der Waals surface area contributed by atoms with Crippen LogP contribution in [-0.2, 0) is 6.61 Å². The second kappa shape index (κ2) is 5.69. The first-order valence-corrected chi connectivity index (χ1v) is 6.11. The van der Waals surface area contributed by atoms with Gasteiger partial charge < -0.3 is 4.74 Å². The van der Waals surface area contributed by atoms with Gasteiger partial charge in [-0.2, -0.15) is 0 Å². The van der Waals surface area contributed by atoms with Crippen LogP contribution in [0.5, 0.6) is 5.75 Å². The van der Waals surface area contributed by atoms with Gasteiger partial charge in [-0.05, 0) is 37.1 Å². The SMILES string of the molecule is Cc1cc(C)c(OCc2ccccc2[N+](=O)[O-])c(F)c1. The molecule has 20 heavy (non-hydrogen) atoms. The smallest absolute Gasteiger partial charge is 0.276 e. The fourth-order valence-electron chi connectivity index (χ4n) is 2.05. The van der Waals surface area contributed by atoms with Crippen LogP contribution in [-0.4, -0.2) is 4.92 Å². The average molecular weight is 275 g/mol. The minimum absolute atomic E-state index is 0.0299. The first-order valence-electron chi connectivity index (χ1n) is 6.11. The van der Waals surface area contributed by atoms with E-state index in [-0.39, 0.29) is 18.0 Å². The lowest BCUT2D eigenvalue weighted by molar-refractivity contribution is -0.385. The topological polar surface area (TPSA) is 52.4 Å². The summed E-state index contributed by atoms with van der Waals surface area (Å²) in [5.41, 5.74) is 1.86. The zero-order valence-corrected chi connectivity index (χ0v) is 11.2. The molecule has 5 heteroatoms. The molecule has 0 unspecified atom stereocenters. The van der Waals surface area contributed by atoms with Crippen LogP contribution in [0.1, 0.15) is 16.7 Å². The number of nitro groups is 1. The summed E-state index contributed by atoms with van der Waals surface area (Å²) in [6.45, 7) is 3.49. The van der Waals surface area contributed by atoms with Crippen LogP contribution in [0.15, 0.2) is 36.4 Å². The molecule has 2 aromatic rings. The van der Waals surface area contributed by atoms with E-state index in [1.807, 2.05) is 0 Å². The van der Waals surface area contributed by atoms with Gasteiger partial charge in [-0.25, -0.2) is 4.39 Å². The van der Waals surface area contributed by atoms with E-state index in [9.17, 15) is 14.5 Å². The third-order valence-electron chi connectivity index (χ3n) is 2.93. The molecule has 2 rings (SSSR count). The van der Waals surface area contributed by atoms with Crippen LogP contribution in [0.3, 0.4) is 0 Å². The van der Waals surface area contributed by atoms with Crippen molar-refractivity contribution in [2.45, 2.75) is 20.5 Å². The van der Waals surface area contributed by atoms with E-state index in [2.05, 4.69) is 0 Å². The highest BCUT2D eigenvalue weighted by Crippen LogP contribution is 2.26. The molecule has 0 aliphatic heterocycles. The largest absolute Gasteiger partial charge is 0.485 e. The minimum Gasteiger partial charge on any atom is -0.485 e. The van der Waals surface area contributed by atoms with Gasteiger partial charge in [0.1, 0.15) is 6.61 Å². The summed E-state index contributed by atoms with van der Waals surface area (Å²) < 4.78 is 19.2. The standard InChI is InChI=1S/C15H14FNO3/c1-10-7-11(2)15(13(16)8-10)20-9-12-5-3-4-6-14(12)17(18)19/h3-8H,9H2,1-2H3. The molecule has 0 N–H and O–H groups in total. The number of hydrogen-bond donors (Lipinski definition) is 0. The molecule has 104 valence electrons. The molecular weight excluding hydrogens is 261 g/mol. The molecule has 0 radical (unpaired) electrons. The Bertz CT molecular complexity index is 632. The van der Waals surface area contributed by atoms with Gasteiger partial charge in [-0.3, -0.25) is 10.1 Å². The molecule has 0 heterocycles. The van der Waals surface area contributed by atoms with E-state index in [0.29, 0.717) is 11.1 Å². The van der Waals surface area contributed by atoms with Crippen molar-refractivity contribution in [1.82, 2.24) is 0 Å². The van der Waals surface area contributed by atoms with Gasteiger partial charge in [0.2, 0.25) is 0 Å². The zero-order valence-electron chi connectivity index (χ0n) is 11.2. The highest BCUT2D eigenvalue weighted by atomic mass is 19.1. The lowest BCUT2D eigenvalue weighted by Gasteiger charge is -2.11. The molecule has 0 saturated heterocycles. The number of halogens is 1. The summed E-state index contributed by atoms with van der Waals surface area (Å²) >= 11 is 0. The number of rotatable bonds is 4. The number of nitrogens with zero attached hydrogens (tertiary/aromatic N) is 1. The second-order valence-electron chi connectivity index (χ2n) is 4.57. The van der Waals surface area contributed by atoms with Crippen LogP contribution in [0.4, 0.5) is 10.1 Å². The number of benzene rings is 2. The maximum atomic E-state index is 13.8. The van der Waals surface area contributed by atoms with Crippen LogP contribution in [0.25, 0.3) is 0 Å². The molecule has 0 atom stereocenters. The third-order valence-corrected chi connectivity index (χ3v) is 2.93. The van der Waals surface area contributed by atoms with Crippen molar-refractivity contribution in [3.05, 3.63) is 69.0 Å². The first-order chi connectivity index (χ1) is 9.49. The molecule has 0 saturated carbocycles. The third kappa shape index (κ3) is 2.93. The second-order valence-corrected chi connectivity index (χ2v) is 4.57. The van der Waals surface area contributed by atoms with Crippen molar-refractivity contribution in [1.29, 1.82) is 0 Å². The van der Waals surface area contributed by atoms with Crippen LogP contribution >= 0.6 is 0 Å². The fourth-order valence-corrected chi connectivity index (χ4v) is 2.05. The summed E-state index contributed by atoms with van der Waals surface area (Å²) in [5.74, 6) is -0.324. The van der Waals surface area contributed by atoms with E-state index in [0.717, 1.165) is 5.56 Å². The van der Waals surface area contributed by atoms with Crippen molar-refractivity contribution >= 4 is 5.69 Å². The highest BCUT2D eigenvalue weighted by Gasteiger charge is 2.14. The normalized spacial score (nSPS) is 10.3. The summed E-state index contributed by atoms with van der Waals surface area (Å²) in [6, 6.07) is 9.44. The summed E-state index contributed by atoms with van der Waals surface area (Å²) in [4.78, 5) is 10.4. The van der Waals surface area contributed by atoms with Crippen LogP contribution in [0, 0.1) is 29.8 Å². The van der Waals surface area contributed by atoms with Crippen LogP contribution in [0.2, 0.25) is 0 Å². The van der Waals surface area contributed by atoms with E-state index in [1.165, 1.54) is 12.1 Å². The average Bonchev–Trinajstić information content (AvgIpc) is 2.37. The quantitative estimate of drug-likeness (QED) is 0.627. The van der Waals surface area contributed by atoms with Gasteiger partial charge in [0.25, 0.3) is 5.69 Å². The molecule has 0 bridgehead atoms. The van der Waals surface area contributed by atoms with Crippen molar-refractivity contribution < 1.29 is 14.1 Å². The van der Waals surface area contributed by atoms with E-state index >= 15 is 0 Å². The van der Waals surface area contributed by atoms with E-state index < -0.39 is 10.7 Å². The number of nitro benzene ring substituents is 1. The molecule has 2 aromatic carbocycles. The summed E-state index contributed by atoms with van der Waals surface area (Å²) in [6.07, 6.45) is 0. The van der Waals surface area contributed by atoms with Gasteiger partial charge in [-0.1, -0.05) is 18.2 Å². The van der Waals surface area contributed by atoms with Crippen molar-refractivity contribution in [3.8, 4) is 5.75 Å². The van der Waals surface area contributed by atoms with Crippen molar-refractivity contribution in [2.24, 2.45) is 0 Å².